The van der Waals surface area contributed by atoms with Gasteiger partial charge in [-0.3, -0.25) is 4.98 Å². The molecule has 2 aromatic rings. The molecule has 0 aliphatic carbocycles. The summed E-state index contributed by atoms with van der Waals surface area (Å²) in [6.07, 6.45) is 3.76. The van der Waals surface area contributed by atoms with Gasteiger partial charge in [-0.25, -0.2) is 4.68 Å². The van der Waals surface area contributed by atoms with Gasteiger partial charge in [0.05, 0.1) is 17.1 Å². The Balaban J connectivity index is 2.32. The van der Waals surface area contributed by atoms with Gasteiger partial charge in [0.2, 0.25) is 0 Å². The fourth-order valence-corrected chi connectivity index (χ4v) is 1.44. The van der Waals surface area contributed by atoms with Crippen LogP contribution < -0.4 is 5.32 Å². The van der Waals surface area contributed by atoms with Gasteiger partial charge in [0, 0.05) is 18.9 Å². The zero-order valence-corrected chi connectivity index (χ0v) is 8.94. The van der Waals surface area contributed by atoms with Gasteiger partial charge in [0.15, 0.2) is 0 Å². The highest BCUT2D eigenvalue weighted by molar-refractivity contribution is 5.31. The van der Waals surface area contributed by atoms with Gasteiger partial charge >= 0.3 is 0 Å². The first kappa shape index (κ1) is 9.86. The average molecular weight is 202 g/mol. The van der Waals surface area contributed by atoms with Gasteiger partial charge in [-0.2, -0.15) is 5.10 Å². The maximum Gasteiger partial charge on any atom is 0.0679 e. The van der Waals surface area contributed by atoms with Crippen molar-refractivity contribution in [1.82, 2.24) is 20.1 Å². The SMILES string of the molecule is CNCc1cc(-n2ccc(C)n2)ccn1. The van der Waals surface area contributed by atoms with E-state index in [1.54, 1.807) is 6.20 Å². The van der Waals surface area contributed by atoms with E-state index in [1.807, 2.05) is 43.0 Å². The summed E-state index contributed by atoms with van der Waals surface area (Å²) in [6.45, 7) is 2.75. The minimum Gasteiger partial charge on any atom is -0.314 e. The predicted molar refractivity (Wildman–Crippen MR) is 58.9 cm³/mol. The minimum atomic E-state index is 0.772. The molecule has 0 bridgehead atoms. The lowest BCUT2D eigenvalue weighted by Crippen LogP contribution is -2.07. The van der Waals surface area contributed by atoms with Crippen molar-refractivity contribution in [3.8, 4) is 5.69 Å². The van der Waals surface area contributed by atoms with Crippen molar-refractivity contribution < 1.29 is 0 Å². The molecule has 15 heavy (non-hydrogen) atoms. The number of nitrogens with zero attached hydrogens (tertiary/aromatic N) is 3. The highest BCUT2D eigenvalue weighted by Crippen LogP contribution is 2.07. The molecule has 0 saturated carbocycles. The first-order chi connectivity index (χ1) is 7.29. The Kier molecular flexibility index (Phi) is 2.78. The van der Waals surface area contributed by atoms with Crippen LogP contribution in [-0.2, 0) is 6.54 Å². The van der Waals surface area contributed by atoms with Gasteiger partial charge in [0.1, 0.15) is 0 Å². The van der Waals surface area contributed by atoms with E-state index in [2.05, 4.69) is 15.4 Å². The third-order valence-corrected chi connectivity index (χ3v) is 2.14. The molecule has 2 heterocycles. The van der Waals surface area contributed by atoms with Crippen LogP contribution in [0.5, 0.6) is 0 Å². The highest BCUT2D eigenvalue weighted by Gasteiger charge is 1.99. The Morgan fingerprint density at radius 2 is 2.27 bits per heavy atom. The van der Waals surface area contributed by atoms with Crippen LogP contribution in [-0.4, -0.2) is 21.8 Å². The molecular weight excluding hydrogens is 188 g/mol. The normalized spacial score (nSPS) is 10.5. The summed E-state index contributed by atoms with van der Waals surface area (Å²) in [6, 6.07) is 5.96. The van der Waals surface area contributed by atoms with E-state index in [0.717, 1.165) is 23.6 Å². The molecular formula is C11H14N4. The summed E-state index contributed by atoms with van der Waals surface area (Å²) in [7, 11) is 1.91. The molecule has 0 saturated heterocycles. The zero-order valence-electron chi connectivity index (χ0n) is 8.94. The average Bonchev–Trinajstić information content (AvgIpc) is 2.66. The molecule has 78 valence electrons. The third kappa shape index (κ3) is 2.22. The Hall–Kier alpha value is -1.68. The van der Waals surface area contributed by atoms with Gasteiger partial charge < -0.3 is 5.32 Å². The largest absolute Gasteiger partial charge is 0.314 e. The first-order valence-electron chi connectivity index (χ1n) is 4.92. The minimum absolute atomic E-state index is 0.772. The lowest BCUT2D eigenvalue weighted by atomic mass is 10.3. The third-order valence-electron chi connectivity index (χ3n) is 2.14. The van der Waals surface area contributed by atoms with Gasteiger partial charge in [-0.05, 0) is 32.2 Å². The molecule has 1 N–H and O–H groups in total. The maximum absolute atomic E-state index is 4.35. The molecule has 0 aliphatic heterocycles. The van der Waals surface area contributed by atoms with Crippen molar-refractivity contribution in [3.63, 3.8) is 0 Å². The molecule has 0 radical (unpaired) electrons. The fourth-order valence-electron chi connectivity index (χ4n) is 1.44. The van der Waals surface area contributed by atoms with Crippen molar-refractivity contribution in [2.24, 2.45) is 0 Å². The second-order valence-corrected chi connectivity index (χ2v) is 3.44. The molecule has 0 atom stereocenters. The molecule has 0 fully saturated rings. The van der Waals surface area contributed by atoms with Crippen LogP contribution in [0.15, 0.2) is 30.6 Å². The zero-order chi connectivity index (χ0) is 10.7. The van der Waals surface area contributed by atoms with Crippen LogP contribution in [0.4, 0.5) is 0 Å². The first-order valence-corrected chi connectivity index (χ1v) is 4.92. The summed E-state index contributed by atoms with van der Waals surface area (Å²) in [5.41, 5.74) is 3.08. The molecule has 2 rings (SSSR count). The Bertz CT molecular complexity index is 447. The van der Waals surface area contributed by atoms with Crippen LogP contribution in [0.25, 0.3) is 5.69 Å². The maximum atomic E-state index is 4.35. The van der Waals surface area contributed by atoms with Gasteiger partial charge in [0.25, 0.3) is 0 Å². The van der Waals surface area contributed by atoms with Crippen LogP contribution in [0.2, 0.25) is 0 Å². The lowest BCUT2D eigenvalue weighted by molar-refractivity contribution is 0.783. The van der Waals surface area contributed by atoms with E-state index in [-0.39, 0.29) is 0 Å². The number of aryl methyl sites for hydroxylation is 1. The van der Waals surface area contributed by atoms with Crippen molar-refractivity contribution in [3.05, 3.63) is 42.0 Å². The van der Waals surface area contributed by atoms with Crippen molar-refractivity contribution in [2.45, 2.75) is 13.5 Å². The van der Waals surface area contributed by atoms with Gasteiger partial charge in [-0.15, -0.1) is 0 Å². The molecule has 0 unspecified atom stereocenters. The molecule has 0 spiro atoms. The standard InChI is InChI=1S/C11H14N4/c1-9-4-6-15(14-9)11-3-5-13-10(7-11)8-12-2/h3-7,12H,8H2,1-2H3. The molecule has 0 aliphatic rings. The van der Waals surface area contributed by atoms with Crippen molar-refractivity contribution >= 4 is 0 Å². The number of hydrogen-bond acceptors (Lipinski definition) is 3. The number of pyridine rings is 1. The summed E-state index contributed by atoms with van der Waals surface area (Å²) < 4.78 is 1.86. The Morgan fingerprint density at radius 3 is 2.93 bits per heavy atom. The summed E-state index contributed by atoms with van der Waals surface area (Å²) in [4.78, 5) is 4.26. The second kappa shape index (κ2) is 4.23. The number of hydrogen-bond donors (Lipinski definition) is 1. The molecule has 4 nitrogen and oxygen atoms in total. The van der Waals surface area contributed by atoms with Crippen LogP contribution in [0.1, 0.15) is 11.4 Å². The summed E-state index contributed by atoms with van der Waals surface area (Å²) in [5, 5.41) is 7.43. The fraction of sp³-hybridized carbons (Fsp3) is 0.273. The lowest BCUT2D eigenvalue weighted by Gasteiger charge is -2.03. The van der Waals surface area contributed by atoms with Crippen molar-refractivity contribution in [2.75, 3.05) is 7.05 Å². The Morgan fingerprint density at radius 1 is 1.40 bits per heavy atom. The molecule has 4 heteroatoms. The van der Waals surface area contributed by atoms with Crippen molar-refractivity contribution in [1.29, 1.82) is 0 Å². The number of nitrogens with one attached hydrogen (secondary N) is 1. The summed E-state index contributed by atoms with van der Waals surface area (Å²) >= 11 is 0. The Labute approximate surface area is 89.0 Å². The molecule has 0 amide bonds. The smallest absolute Gasteiger partial charge is 0.0679 e. The van der Waals surface area contributed by atoms with E-state index >= 15 is 0 Å². The van der Waals surface area contributed by atoms with Crippen LogP contribution >= 0.6 is 0 Å². The highest BCUT2D eigenvalue weighted by atomic mass is 15.3. The molecule has 2 aromatic heterocycles. The predicted octanol–water partition coefficient (Wildman–Crippen LogP) is 1.30. The second-order valence-electron chi connectivity index (χ2n) is 3.44. The van der Waals surface area contributed by atoms with E-state index in [0.29, 0.717) is 0 Å². The van der Waals surface area contributed by atoms with E-state index in [9.17, 15) is 0 Å². The van der Waals surface area contributed by atoms with Gasteiger partial charge in [-0.1, -0.05) is 0 Å². The van der Waals surface area contributed by atoms with Crippen LogP contribution in [0, 0.1) is 6.92 Å². The van der Waals surface area contributed by atoms with Crippen LogP contribution in [0.3, 0.4) is 0 Å². The molecule has 0 aromatic carbocycles. The quantitative estimate of drug-likeness (QED) is 0.815. The monoisotopic (exact) mass is 202 g/mol. The van der Waals surface area contributed by atoms with E-state index in [1.165, 1.54) is 0 Å². The van der Waals surface area contributed by atoms with E-state index < -0.39 is 0 Å². The number of rotatable bonds is 3. The topological polar surface area (TPSA) is 42.7 Å². The van der Waals surface area contributed by atoms with E-state index in [4.69, 9.17) is 0 Å². The number of aromatic nitrogens is 3. The summed E-state index contributed by atoms with van der Waals surface area (Å²) in [5.74, 6) is 0.